The maximum Gasteiger partial charge on any atom is 0.126 e. The van der Waals surface area contributed by atoms with Gasteiger partial charge in [0.15, 0.2) is 0 Å². The SMILES string of the molecule is NCCOCCOc1cc(OCCOCCN)cc(OCCOCCN)c1. The predicted octanol–water partition coefficient (Wildman–Crippen LogP) is -0.251. The molecule has 0 atom stereocenters. The van der Waals surface area contributed by atoms with Crippen molar-refractivity contribution >= 4 is 0 Å². The molecule has 0 saturated heterocycles. The summed E-state index contributed by atoms with van der Waals surface area (Å²) in [5, 5.41) is 0. The molecule has 0 aliphatic heterocycles. The van der Waals surface area contributed by atoms with Crippen molar-refractivity contribution in [3.63, 3.8) is 0 Å². The zero-order valence-electron chi connectivity index (χ0n) is 15.9. The summed E-state index contributed by atoms with van der Waals surface area (Å²) in [6.45, 7) is 5.56. The lowest BCUT2D eigenvalue weighted by Crippen LogP contribution is -2.14. The topological polar surface area (TPSA) is 133 Å². The van der Waals surface area contributed by atoms with Crippen molar-refractivity contribution in [2.24, 2.45) is 17.2 Å². The van der Waals surface area contributed by atoms with Crippen molar-refractivity contribution in [2.75, 3.05) is 79.1 Å². The van der Waals surface area contributed by atoms with Gasteiger partial charge >= 0.3 is 0 Å². The molecule has 0 radical (unpaired) electrons. The summed E-state index contributed by atoms with van der Waals surface area (Å²) in [4.78, 5) is 0. The molecule has 0 amide bonds. The summed E-state index contributed by atoms with van der Waals surface area (Å²) in [7, 11) is 0. The third-order valence-electron chi connectivity index (χ3n) is 3.13. The fourth-order valence-corrected chi connectivity index (χ4v) is 2.01. The molecule has 1 aromatic rings. The van der Waals surface area contributed by atoms with Crippen LogP contribution < -0.4 is 31.4 Å². The highest BCUT2D eigenvalue weighted by atomic mass is 16.5. The number of hydrogen-bond acceptors (Lipinski definition) is 9. The first-order valence-corrected chi connectivity index (χ1v) is 9.17. The first kappa shape index (κ1) is 23.4. The van der Waals surface area contributed by atoms with Crippen molar-refractivity contribution in [2.45, 2.75) is 0 Å². The monoisotopic (exact) mass is 387 g/mol. The van der Waals surface area contributed by atoms with Crippen LogP contribution in [0.15, 0.2) is 18.2 Å². The van der Waals surface area contributed by atoms with Gasteiger partial charge in [-0.05, 0) is 0 Å². The molecular formula is C18H33N3O6. The Morgan fingerprint density at radius 1 is 0.444 bits per heavy atom. The highest BCUT2D eigenvalue weighted by Gasteiger charge is 2.05. The molecule has 9 nitrogen and oxygen atoms in total. The van der Waals surface area contributed by atoms with E-state index < -0.39 is 0 Å². The van der Waals surface area contributed by atoms with Crippen LogP contribution in [0.2, 0.25) is 0 Å². The standard InChI is InChI=1S/C18H33N3O6/c19-1-4-22-7-10-25-16-13-17(26-11-8-23-5-2-20)15-18(14-16)27-12-9-24-6-3-21/h13-15H,1-12,19-21H2. The molecule has 0 fully saturated rings. The molecule has 0 aromatic heterocycles. The van der Waals surface area contributed by atoms with Crippen LogP contribution in [0.5, 0.6) is 17.2 Å². The van der Waals surface area contributed by atoms with Crippen molar-refractivity contribution in [1.82, 2.24) is 0 Å². The highest BCUT2D eigenvalue weighted by molar-refractivity contribution is 5.42. The Balaban J connectivity index is 2.52. The van der Waals surface area contributed by atoms with Crippen molar-refractivity contribution in [3.05, 3.63) is 18.2 Å². The molecule has 1 aromatic carbocycles. The largest absolute Gasteiger partial charge is 0.491 e. The second-order valence-corrected chi connectivity index (χ2v) is 5.39. The number of benzene rings is 1. The van der Waals surface area contributed by atoms with Crippen LogP contribution in [-0.4, -0.2) is 79.1 Å². The van der Waals surface area contributed by atoms with Gasteiger partial charge in [0.25, 0.3) is 0 Å². The first-order chi connectivity index (χ1) is 13.3. The smallest absolute Gasteiger partial charge is 0.126 e. The van der Waals surface area contributed by atoms with Crippen LogP contribution in [-0.2, 0) is 14.2 Å². The molecule has 0 spiro atoms. The van der Waals surface area contributed by atoms with E-state index in [-0.39, 0.29) is 0 Å². The lowest BCUT2D eigenvalue weighted by molar-refractivity contribution is 0.100. The Labute approximate surface area is 161 Å². The number of ether oxygens (including phenoxy) is 6. The molecule has 0 aliphatic rings. The number of nitrogens with two attached hydrogens (primary N) is 3. The van der Waals surface area contributed by atoms with Crippen LogP contribution in [0.25, 0.3) is 0 Å². The zero-order valence-corrected chi connectivity index (χ0v) is 15.9. The molecular weight excluding hydrogens is 354 g/mol. The van der Waals surface area contributed by atoms with Gasteiger partial charge in [-0.15, -0.1) is 0 Å². The Kier molecular flexibility index (Phi) is 14.4. The van der Waals surface area contributed by atoms with Gasteiger partial charge in [0, 0.05) is 37.8 Å². The molecule has 156 valence electrons. The van der Waals surface area contributed by atoms with E-state index in [4.69, 9.17) is 45.6 Å². The number of rotatable bonds is 18. The summed E-state index contributed by atoms with van der Waals surface area (Å²) in [6, 6.07) is 5.39. The number of hydrogen-bond donors (Lipinski definition) is 3. The molecule has 0 aliphatic carbocycles. The van der Waals surface area contributed by atoms with Gasteiger partial charge in [-0.25, -0.2) is 0 Å². The van der Waals surface area contributed by atoms with Crippen LogP contribution >= 0.6 is 0 Å². The van der Waals surface area contributed by atoms with E-state index in [0.717, 1.165) is 0 Å². The molecule has 0 unspecified atom stereocenters. The van der Waals surface area contributed by atoms with Crippen LogP contribution in [0.3, 0.4) is 0 Å². The maximum absolute atomic E-state index is 5.70. The Morgan fingerprint density at radius 2 is 0.741 bits per heavy atom. The maximum atomic E-state index is 5.70. The third kappa shape index (κ3) is 12.4. The van der Waals surface area contributed by atoms with E-state index in [1.165, 1.54) is 0 Å². The quantitative estimate of drug-likeness (QED) is 0.291. The van der Waals surface area contributed by atoms with Gasteiger partial charge in [0.2, 0.25) is 0 Å². The van der Waals surface area contributed by atoms with Crippen LogP contribution in [0.1, 0.15) is 0 Å². The van der Waals surface area contributed by atoms with E-state index in [9.17, 15) is 0 Å². The Morgan fingerprint density at radius 3 is 1.00 bits per heavy atom. The Hall–Kier alpha value is -1.62. The summed E-state index contributed by atoms with van der Waals surface area (Å²) < 4.78 is 33.0. The van der Waals surface area contributed by atoms with Gasteiger partial charge in [-0.3, -0.25) is 0 Å². The summed E-state index contributed by atoms with van der Waals surface area (Å²) in [6.07, 6.45) is 0. The van der Waals surface area contributed by atoms with Crippen LogP contribution in [0, 0.1) is 0 Å². The lowest BCUT2D eigenvalue weighted by Gasteiger charge is -2.13. The molecule has 1 rings (SSSR count). The third-order valence-corrected chi connectivity index (χ3v) is 3.13. The minimum absolute atomic E-state index is 0.405. The van der Waals surface area contributed by atoms with Crippen molar-refractivity contribution in [1.29, 1.82) is 0 Å². The summed E-state index contributed by atoms with van der Waals surface area (Å²) in [5.41, 5.74) is 16.1. The predicted molar refractivity (Wildman–Crippen MR) is 103 cm³/mol. The molecule has 0 bridgehead atoms. The zero-order chi connectivity index (χ0) is 19.6. The fraction of sp³-hybridized carbons (Fsp3) is 0.667. The average Bonchev–Trinajstić information content (AvgIpc) is 2.67. The minimum Gasteiger partial charge on any atom is -0.491 e. The first-order valence-electron chi connectivity index (χ1n) is 9.17. The van der Waals surface area contributed by atoms with Gasteiger partial charge in [-0.1, -0.05) is 0 Å². The fourth-order valence-electron chi connectivity index (χ4n) is 2.01. The minimum atomic E-state index is 0.405. The van der Waals surface area contributed by atoms with Gasteiger partial charge in [-0.2, -0.15) is 0 Å². The van der Waals surface area contributed by atoms with E-state index in [2.05, 4.69) is 0 Å². The normalized spacial score (nSPS) is 10.8. The van der Waals surface area contributed by atoms with Crippen molar-refractivity contribution in [3.8, 4) is 17.2 Å². The molecule has 6 N–H and O–H groups in total. The van der Waals surface area contributed by atoms with Gasteiger partial charge in [0.1, 0.15) is 37.1 Å². The molecule has 0 heterocycles. The second-order valence-electron chi connectivity index (χ2n) is 5.39. The average molecular weight is 387 g/mol. The molecule has 9 heteroatoms. The highest BCUT2D eigenvalue weighted by Crippen LogP contribution is 2.28. The summed E-state index contributed by atoms with van der Waals surface area (Å²) >= 11 is 0. The van der Waals surface area contributed by atoms with E-state index >= 15 is 0 Å². The lowest BCUT2D eigenvalue weighted by atomic mass is 10.3. The van der Waals surface area contributed by atoms with Gasteiger partial charge in [0.05, 0.1) is 39.6 Å². The van der Waals surface area contributed by atoms with E-state index in [1.54, 1.807) is 18.2 Å². The molecule has 27 heavy (non-hydrogen) atoms. The molecule has 0 saturated carbocycles. The van der Waals surface area contributed by atoms with E-state index in [0.29, 0.717) is 96.3 Å². The van der Waals surface area contributed by atoms with Crippen molar-refractivity contribution < 1.29 is 28.4 Å². The van der Waals surface area contributed by atoms with E-state index in [1.807, 2.05) is 0 Å². The Bertz CT molecular complexity index is 399. The van der Waals surface area contributed by atoms with Crippen LogP contribution in [0.4, 0.5) is 0 Å². The van der Waals surface area contributed by atoms with Gasteiger partial charge < -0.3 is 45.6 Å². The summed E-state index contributed by atoms with van der Waals surface area (Å²) in [5.74, 6) is 1.89. The second kappa shape index (κ2) is 16.5.